The molecule has 0 radical (unpaired) electrons. The van der Waals surface area contributed by atoms with Crippen LogP contribution < -0.4 is 4.90 Å². The van der Waals surface area contributed by atoms with Crippen molar-refractivity contribution < 1.29 is 19.4 Å². The Morgan fingerprint density at radius 3 is 1.79 bits per heavy atom. The first kappa shape index (κ1) is 28.9. The Morgan fingerprint density at radius 2 is 1.15 bits per heavy atom. The van der Waals surface area contributed by atoms with Crippen LogP contribution in [0.25, 0.3) is 44.7 Å². The van der Waals surface area contributed by atoms with Gasteiger partial charge in [-0.15, -0.1) is 0 Å². The fraction of sp³-hybridized carbons (Fsp3) is 0.0250. The molecule has 8 rings (SSSR count). The quantitative estimate of drug-likeness (QED) is 0.162. The molecule has 0 aliphatic carbocycles. The number of fused-ring (bicyclic) bond motifs is 1. The van der Waals surface area contributed by atoms with Crippen molar-refractivity contribution in [1.82, 2.24) is 24.1 Å². The molecule has 7 heteroatoms. The van der Waals surface area contributed by atoms with E-state index >= 15 is 0 Å². The molecule has 0 saturated heterocycles. The molecule has 0 spiro atoms. The average Bonchev–Trinajstić information content (AvgIpc) is 3.72. The van der Waals surface area contributed by atoms with E-state index in [0.29, 0.717) is 0 Å². The van der Waals surface area contributed by atoms with E-state index in [1.54, 1.807) is 0 Å². The molecule has 47 heavy (non-hydrogen) atoms. The van der Waals surface area contributed by atoms with Gasteiger partial charge in [0.2, 0.25) is 0 Å². The molecule has 0 saturated carbocycles. The molecule has 2 aromatic heterocycles. The molecule has 0 N–H and O–H groups in total. The Labute approximate surface area is 283 Å². The number of benzene rings is 6. The zero-order chi connectivity index (χ0) is 31.7. The molecule has 2 heterocycles. The van der Waals surface area contributed by atoms with Gasteiger partial charge in [0.15, 0.2) is 0 Å². The molecule has 0 atom stereocenters. The fourth-order valence-electron chi connectivity index (χ4n) is 6.13. The van der Waals surface area contributed by atoms with E-state index in [0.717, 1.165) is 65.5 Å². The fourth-order valence-corrected chi connectivity index (χ4v) is 6.77. The second-order valence-electron chi connectivity index (χ2n) is 11.3. The van der Waals surface area contributed by atoms with Crippen LogP contribution in [0.5, 0.6) is 0 Å². The van der Waals surface area contributed by atoms with Gasteiger partial charge in [0.1, 0.15) is 0 Å². The van der Waals surface area contributed by atoms with Gasteiger partial charge in [-0.25, -0.2) is 0 Å². The molecular weight excluding hydrogens is 760 g/mol. The summed E-state index contributed by atoms with van der Waals surface area (Å²) in [5.41, 5.74) is 11.5. The minimum absolute atomic E-state index is 0.859. The third-order valence-electron chi connectivity index (χ3n) is 8.37. The van der Waals surface area contributed by atoms with Gasteiger partial charge in [-0.2, -0.15) is 0 Å². The Balaban J connectivity index is 1.42. The van der Waals surface area contributed by atoms with E-state index in [2.05, 4.69) is 197 Å². The third-order valence-corrected chi connectivity index (χ3v) is 9.72. The van der Waals surface area contributed by atoms with Crippen LogP contribution in [-0.2, 0) is 26.4 Å². The number of aryl methyl sites for hydroxylation is 1. The number of aromatic nitrogens is 5. The zero-order valence-corrected chi connectivity index (χ0v) is 27.9. The van der Waals surface area contributed by atoms with Gasteiger partial charge in [0.05, 0.1) is 0 Å². The van der Waals surface area contributed by atoms with Gasteiger partial charge >= 0.3 is 267 Å². The molecule has 0 bridgehead atoms. The van der Waals surface area contributed by atoms with Gasteiger partial charge in [-0.05, 0) is 6.07 Å². The molecule has 8 aromatic rings. The Morgan fingerprint density at radius 1 is 0.574 bits per heavy atom. The summed E-state index contributed by atoms with van der Waals surface area (Å²) < 4.78 is 7.36. The van der Waals surface area contributed by atoms with E-state index in [1.807, 2.05) is 22.9 Å². The first-order valence-corrected chi connectivity index (χ1v) is 16.5. The number of nitrogens with zero attached hydrogens (tertiary/aromatic N) is 6. The van der Waals surface area contributed by atoms with Crippen LogP contribution in [0.1, 0.15) is 0 Å². The molecule has 230 valence electrons. The standard InChI is InChI=1S/C40H30N6.Pt/c1-43-25-26-44(29-43)32-17-10-18-33(27-32)45(34-19-11-20-35(28-34)46-39-24-9-8-23-38(39)41-42-46)40-36(30-13-4-2-5-14-30)21-12-22-37(40)31-15-6-3-7-16-31;/h2-28H,1H3;. The van der Waals surface area contributed by atoms with Crippen molar-refractivity contribution in [2.45, 2.75) is 0 Å². The summed E-state index contributed by atoms with van der Waals surface area (Å²) in [5, 5.41) is 8.99. The van der Waals surface area contributed by atoms with E-state index in [4.69, 9.17) is 0 Å². The topological polar surface area (TPSA) is 43.8 Å². The van der Waals surface area contributed by atoms with Crippen molar-refractivity contribution in [1.29, 1.82) is 0 Å². The second kappa shape index (κ2) is 12.3. The van der Waals surface area contributed by atoms with Crippen molar-refractivity contribution >= 4 is 28.1 Å². The summed E-state index contributed by atoms with van der Waals surface area (Å²) in [4.78, 5) is 2.38. The number of hydrogen-bond donors (Lipinski definition) is 0. The molecule has 6 aromatic carbocycles. The zero-order valence-electron chi connectivity index (χ0n) is 25.6. The Bertz CT molecular complexity index is 2350. The van der Waals surface area contributed by atoms with Crippen molar-refractivity contribution in [3.05, 3.63) is 168 Å². The second-order valence-corrected chi connectivity index (χ2v) is 12.3. The Hall–Kier alpha value is -5.58. The van der Waals surface area contributed by atoms with Crippen LogP contribution in [0.4, 0.5) is 17.1 Å². The number of rotatable bonds is 7. The predicted molar refractivity (Wildman–Crippen MR) is 186 cm³/mol. The number of hydrogen-bond acceptors (Lipinski definition) is 3. The van der Waals surface area contributed by atoms with E-state index < -0.39 is 0 Å². The van der Waals surface area contributed by atoms with Crippen molar-refractivity contribution in [3.63, 3.8) is 0 Å². The van der Waals surface area contributed by atoms with Crippen LogP contribution in [0, 0.1) is 3.80 Å². The Kier molecular flexibility index (Phi) is 7.56. The van der Waals surface area contributed by atoms with Crippen LogP contribution in [0.15, 0.2) is 164 Å². The van der Waals surface area contributed by atoms with E-state index in [9.17, 15) is 0 Å². The average molecular weight is 790 g/mol. The number of imidazole rings is 1. The van der Waals surface area contributed by atoms with Gasteiger partial charge in [0.25, 0.3) is 0 Å². The third kappa shape index (κ3) is 5.37. The van der Waals surface area contributed by atoms with E-state index in [-0.39, 0.29) is 0 Å². The SMILES string of the molecule is Cn1ccn(-c2cccc(N(c3cccc(-n4nnc5ccccc54)c3)c3c(-c4ccccc4)cccc3-c3ccccc3)c2)[c]1=[Pt]. The maximum atomic E-state index is 4.55. The van der Waals surface area contributed by atoms with E-state index in [1.165, 1.54) is 0 Å². The normalized spacial score (nSPS) is 11.2. The van der Waals surface area contributed by atoms with Gasteiger partial charge in [-0.1, -0.05) is 12.1 Å². The maximum absolute atomic E-state index is 4.55. The monoisotopic (exact) mass is 789 g/mol. The molecular formula is C40H30N6Pt. The first-order valence-electron chi connectivity index (χ1n) is 15.4. The minimum atomic E-state index is 0.859. The molecule has 0 aliphatic heterocycles. The summed E-state index contributed by atoms with van der Waals surface area (Å²) in [7, 11) is 2.07. The summed E-state index contributed by atoms with van der Waals surface area (Å²) >= 11 is 2.38. The summed E-state index contributed by atoms with van der Waals surface area (Å²) in [5.74, 6) is 0. The first-order chi connectivity index (χ1) is 23.2. The molecule has 0 fully saturated rings. The van der Waals surface area contributed by atoms with Crippen molar-refractivity contribution in [2.75, 3.05) is 4.90 Å². The predicted octanol–water partition coefficient (Wildman–Crippen LogP) is 9.43. The van der Waals surface area contributed by atoms with Crippen molar-refractivity contribution in [2.24, 2.45) is 7.05 Å². The van der Waals surface area contributed by atoms with Gasteiger partial charge in [0, 0.05) is 0 Å². The number of para-hydroxylation sites is 2. The van der Waals surface area contributed by atoms with Crippen LogP contribution in [0.2, 0.25) is 0 Å². The van der Waals surface area contributed by atoms with Crippen LogP contribution >= 0.6 is 0 Å². The van der Waals surface area contributed by atoms with Gasteiger partial charge < -0.3 is 0 Å². The number of anilines is 3. The van der Waals surface area contributed by atoms with Crippen LogP contribution in [-0.4, -0.2) is 24.1 Å². The molecule has 6 nitrogen and oxygen atoms in total. The summed E-state index contributed by atoms with van der Waals surface area (Å²) in [6.07, 6.45) is 4.19. The molecule has 0 amide bonds. The summed E-state index contributed by atoms with van der Waals surface area (Å²) in [6, 6.07) is 53.2. The molecule has 0 aliphatic rings. The van der Waals surface area contributed by atoms with Crippen LogP contribution in [0.3, 0.4) is 0 Å². The van der Waals surface area contributed by atoms with Gasteiger partial charge in [-0.3, -0.25) is 0 Å². The molecule has 0 unspecified atom stereocenters. The van der Waals surface area contributed by atoms with Crippen molar-refractivity contribution in [3.8, 4) is 33.6 Å². The summed E-state index contributed by atoms with van der Waals surface area (Å²) in [6.45, 7) is 0.